The van der Waals surface area contributed by atoms with Crippen LogP contribution in [-0.2, 0) is 9.53 Å². The molecular weight excluding hydrogens is 228 g/mol. The van der Waals surface area contributed by atoms with Gasteiger partial charge in [0.25, 0.3) is 0 Å². The minimum Gasteiger partial charge on any atom is -0.390 e. The van der Waals surface area contributed by atoms with E-state index >= 15 is 0 Å². The maximum atomic E-state index is 11.6. The zero-order valence-corrected chi connectivity index (χ0v) is 11.1. The van der Waals surface area contributed by atoms with E-state index in [1.54, 1.807) is 6.92 Å². The van der Waals surface area contributed by atoms with E-state index in [9.17, 15) is 9.90 Å². The van der Waals surface area contributed by atoms with Crippen molar-refractivity contribution in [3.05, 3.63) is 12.2 Å². The minimum atomic E-state index is -0.518. The molecule has 4 aliphatic carbocycles. The predicted octanol–water partition coefficient (Wildman–Crippen LogP) is 2.23. The van der Waals surface area contributed by atoms with E-state index in [0.29, 0.717) is 17.4 Å². The average molecular weight is 250 g/mol. The van der Waals surface area contributed by atoms with E-state index in [1.807, 2.05) is 0 Å². The molecule has 0 aliphatic heterocycles. The summed E-state index contributed by atoms with van der Waals surface area (Å²) in [6.07, 6.45) is 5.87. The van der Waals surface area contributed by atoms with Gasteiger partial charge in [-0.05, 0) is 56.4 Å². The summed E-state index contributed by atoms with van der Waals surface area (Å²) >= 11 is 0. The molecule has 0 heterocycles. The van der Waals surface area contributed by atoms with Crippen molar-refractivity contribution in [1.82, 2.24) is 0 Å². The second-order valence-corrected chi connectivity index (χ2v) is 6.86. The van der Waals surface area contributed by atoms with Gasteiger partial charge in [-0.3, -0.25) is 4.79 Å². The summed E-state index contributed by atoms with van der Waals surface area (Å²) < 4.78 is 5.96. The molecule has 0 amide bonds. The van der Waals surface area contributed by atoms with Crippen molar-refractivity contribution >= 4 is 5.78 Å². The highest BCUT2D eigenvalue weighted by Gasteiger charge is 2.57. The standard InChI is InChI=1S/C15H22O3/c1-10(2)13(16)8-18-15-6-11-3-12(7-15)5-14(17,4-11)9-15/h11-12,17H,1,3-9H2,2H3. The number of ether oxygens (including phenoxy) is 1. The Kier molecular flexibility index (Phi) is 2.69. The fourth-order valence-electron chi connectivity index (χ4n) is 4.64. The normalized spacial score (nSPS) is 45.2. The summed E-state index contributed by atoms with van der Waals surface area (Å²) in [5, 5.41) is 10.6. The van der Waals surface area contributed by atoms with Crippen LogP contribution in [-0.4, -0.2) is 28.7 Å². The Hall–Kier alpha value is -0.670. The molecular formula is C15H22O3. The van der Waals surface area contributed by atoms with Gasteiger partial charge >= 0.3 is 0 Å². The summed E-state index contributed by atoms with van der Waals surface area (Å²) in [4.78, 5) is 11.6. The average Bonchev–Trinajstić information content (AvgIpc) is 2.22. The molecule has 18 heavy (non-hydrogen) atoms. The van der Waals surface area contributed by atoms with Gasteiger partial charge in [0.15, 0.2) is 5.78 Å². The first-order chi connectivity index (χ1) is 8.40. The van der Waals surface area contributed by atoms with Crippen molar-refractivity contribution in [1.29, 1.82) is 0 Å². The zero-order valence-electron chi connectivity index (χ0n) is 11.1. The molecule has 1 N–H and O–H groups in total. The first-order valence-electron chi connectivity index (χ1n) is 6.95. The summed E-state index contributed by atoms with van der Waals surface area (Å²) in [5.74, 6) is 1.17. The quantitative estimate of drug-likeness (QED) is 0.778. The first kappa shape index (κ1) is 12.4. The van der Waals surface area contributed by atoms with E-state index in [0.717, 1.165) is 32.1 Å². The van der Waals surface area contributed by atoms with Crippen molar-refractivity contribution in [3.63, 3.8) is 0 Å². The molecule has 2 atom stereocenters. The summed E-state index contributed by atoms with van der Waals surface area (Å²) in [7, 11) is 0. The SMILES string of the molecule is C=C(C)C(=O)COC12CC3CC(CC(O)(C3)C1)C2. The van der Waals surface area contributed by atoms with Crippen LogP contribution >= 0.6 is 0 Å². The molecule has 0 aromatic heterocycles. The fraction of sp³-hybridized carbons (Fsp3) is 0.800. The number of aliphatic hydroxyl groups is 1. The zero-order chi connectivity index (χ0) is 13.0. The van der Waals surface area contributed by atoms with Gasteiger partial charge in [0.1, 0.15) is 6.61 Å². The summed E-state index contributed by atoms with van der Waals surface area (Å²) in [5.41, 5.74) is -0.196. The Labute approximate surface area is 108 Å². The highest BCUT2D eigenvalue weighted by molar-refractivity contribution is 5.95. The van der Waals surface area contributed by atoms with Crippen LogP contribution in [0, 0.1) is 11.8 Å². The topological polar surface area (TPSA) is 46.5 Å². The lowest BCUT2D eigenvalue weighted by atomic mass is 9.52. The number of hydrogen-bond donors (Lipinski definition) is 1. The predicted molar refractivity (Wildman–Crippen MR) is 68.1 cm³/mol. The third-order valence-corrected chi connectivity index (χ3v) is 4.96. The van der Waals surface area contributed by atoms with E-state index in [1.165, 1.54) is 6.42 Å². The van der Waals surface area contributed by atoms with Crippen LogP contribution in [0.1, 0.15) is 45.4 Å². The lowest BCUT2D eigenvalue weighted by Gasteiger charge is -2.59. The van der Waals surface area contributed by atoms with Gasteiger partial charge in [-0.1, -0.05) is 6.58 Å². The van der Waals surface area contributed by atoms with Gasteiger partial charge < -0.3 is 9.84 Å². The number of ketones is 1. The van der Waals surface area contributed by atoms with Crippen molar-refractivity contribution < 1.29 is 14.6 Å². The molecule has 0 saturated heterocycles. The molecule has 4 bridgehead atoms. The van der Waals surface area contributed by atoms with E-state index < -0.39 is 5.60 Å². The second-order valence-electron chi connectivity index (χ2n) is 6.86. The molecule has 4 fully saturated rings. The number of Topliss-reactive ketones (excluding diaryl/α,β-unsaturated/α-hetero) is 1. The van der Waals surface area contributed by atoms with Gasteiger partial charge in [-0.2, -0.15) is 0 Å². The number of hydrogen-bond acceptors (Lipinski definition) is 3. The van der Waals surface area contributed by atoms with Gasteiger partial charge in [0.2, 0.25) is 0 Å². The molecule has 4 rings (SSSR count). The molecule has 4 saturated carbocycles. The number of carbonyl (C=O) groups excluding carboxylic acids is 1. The molecule has 0 aromatic rings. The Bertz CT molecular complexity index is 385. The Morgan fingerprint density at radius 1 is 1.33 bits per heavy atom. The van der Waals surface area contributed by atoms with Gasteiger partial charge in [0.05, 0.1) is 11.2 Å². The second kappa shape index (κ2) is 3.91. The minimum absolute atomic E-state index is 0.0160. The molecule has 2 unspecified atom stereocenters. The van der Waals surface area contributed by atoms with Crippen LogP contribution in [0.3, 0.4) is 0 Å². The van der Waals surface area contributed by atoms with Gasteiger partial charge in [0, 0.05) is 6.42 Å². The molecule has 3 heteroatoms. The molecule has 0 spiro atoms. The summed E-state index contributed by atoms with van der Waals surface area (Å²) in [6, 6.07) is 0. The molecule has 0 aromatic carbocycles. The van der Waals surface area contributed by atoms with Gasteiger partial charge in [-0.15, -0.1) is 0 Å². The lowest BCUT2D eigenvalue weighted by molar-refractivity contribution is -0.218. The van der Waals surface area contributed by atoms with Crippen LogP contribution in [0.2, 0.25) is 0 Å². The smallest absolute Gasteiger partial charge is 0.183 e. The van der Waals surface area contributed by atoms with Crippen molar-refractivity contribution in [2.24, 2.45) is 11.8 Å². The monoisotopic (exact) mass is 250 g/mol. The highest BCUT2D eigenvalue weighted by Crippen LogP contribution is 2.58. The highest BCUT2D eigenvalue weighted by atomic mass is 16.5. The van der Waals surface area contributed by atoms with E-state index in [2.05, 4.69) is 6.58 Å². The van der Waals surface area contributed by atoms with Crippen LogP contribution in [0.5, 0.6) is 0 Å². The fourth-order valence-corrected chi connectivity index (χ4v) is 4.64. The largest absolute Gasteiger partial charge is 0.390 e. The molecule has 4 aliphatic rings. The summed E-state index contributed by atoms with van der Waals surface area (Å²) in [6.45, 7) is 5.51. The van der Waals surface area contributed by atoms with Crippen molar-refractivity contribution in [2.45, 2.75) is 56.7 Å². The van der Waals surface area contributed by atoms with Crippen LogP contribution in [0.4, 0.5) is 0 Å². The van der Waals surface area contributed by atoms with E-state index in [-0.39, 0.29) is 18.0 Å². The van der Waals surface area contributed by atoms with Crippen LogP contribution in [0.15, 0.2) is 12.2 Å². The van der Waals surface area contributed by atoms with Crippen molar-refractivity contribution in [3.8, 4) is 0 Å². The molecule has 0 radical (unpaired) electrons. The van der Waals surface area contributed by atoms with E-state index in [4.69, 9.17) is 4.74 Å². The Morgan fingerprint density at radius 3 is 2.44 bits per heavy atom. The van der Waals surface area contributed by atoms with Gasteiger partial charge in [-0.25, -0.2) is 0 Å². The third-order valence-electron chi connectivity index (χ3n) is 4.96. The number of carbonyl (C=O) groups is 1. The third kappa shape index (κ3) is 2.04. The maximum absolute atomic E-state index is 11.6. The van der Waals surface area contributed by atoms with Crippen molar-refractivity contribution in [2.75, 3.05) is 6.61 Å². The Morgan fingerprint density at radius 2 is 1.94 bits per heavy atom. The molecule has 100 valence electrons. The lowest BCUT2D eigenvalue weighted by Crippen LogP contribution is -2.60. The van der Waals surface area contributed by atoms with Crippen LogP contribution in [0.25, 0.3) is 0 Å². The maximum Gasteiger partial charge on any atom is 0.183 e. The van der Waals surface area contributed by atoms with Crippen LogP contribution < -0.4 is 0 Å². The number of rotatable bonds is 4. The first-order valence-corrected chi connectivity index (χ1v) is 6.95. The Balaban J connectivity index is 1.71. The molecule has 3 nitrogen and oxygen atoms in total.